The molecule has 0 bridgehead atoms. The molecule has 0 aromatic rings. The lowest BCUT2D eigenvalue weighted by atomic mass is 10.3. The van der Waals surface area contributed by atoms with E-state index in [9.17, 15) is 4.79 Å². The van der Waals surface area contributed by atoms with E-state index in [4.69, 9.17) is 9.84 Å². The molecule has 0 radical (unpaired) electrons. The van der Waals surface area contributed by atoms with Gasteiger partial charge in [-0.1, -0.05) is 6.08 Å². The molecule has 3 nitrogen and oxygen atoms in total. The second-order valence-electron chi connectivity index (χ2n) is 1.88. The third-order valence-electron chi connectivity index (χ3n) is 0.980. The third kappa shape index (κ3) is 7.17. The van der Waals surface area contributed by atoms with Crippen molar-refractivity contribution in [2.24, 2.45) is 0 Å². The van der Waals surface area contributed by atoms with Gasteiger partial charge in [0.15, 0.2) is 0 Å². The van der Waals surface area contributed by atoms with Gasteiger partial charge in [0.1, 0.15) is 0 Å². The number of aliphatic carboxylic acids is 1. The van der Waals surface area contributed by atoms with Crippen LogP contribution in [0.1, 0.15) is 12.8 Å². The summed E-state index contributed by atoms with van der Waals surface area (Å²) < 4.78 is 4.77. The number of hydrogen-bond acceptors (Lipinski definition) is 2. The van der Waals surface area contributed by atoms with Crippen LogP contribution >= 0.6 is 0 Å². The van der Waals surface area contributed by atoms with Crippen molar-refractivity contribution in [3.05, 3.63) is 12.2 Å². The summed E-state index contributed by atoms with van der Waals surface area (Å²) in [5.41, 5.74) is 0. The molecule has 58 valence electrons. The molecule has 0 atom stereocenters. The van der Waals surface area contributed by atoms with Gasteiger partial charge >= 0.3 is 5.97 Å². The van der Waals surface area contributed by atoms with E-state index >= 15 is 0 Å². The highest BCUT2D eigenvalue weighted by Gasteiger charge is 1.84. The highest BCUT2D eigenvalue weighted by Crippen LogP contribution is 1.90. The quantitative estimate of drug-likeness (QED) is 0.463. The molecule has 0 unspecified atom stereocenters. The van der Waals surface area contributed by atoms with Crippen LogP contribution in [0.15, 0.2) is 12.2 Å². The number of unbranched alkanes of at least 4 members (excludes halogenated alkanes) is 1. The Bertz CT molecular complexity index is 118. The van der Waals surface area contributed by atoms with E-state index in [1.54, 1.807) is 13.2 Å². The first-order valence-corrected chi connectivity index (χ1v) is 3.15. The van der Waals surface area contributed by atoms with E-state index in [2.05, 4.69) is 0 Å². The van der Waals surface area contributed by atoms with Gasteiger partial charge in [-0.2, -0.15) is 0 Å². The van der Waals surface area contributed by atoms with Crippen LogP contribution in [-0.4, -0.2) is 24.8 Å². The molecule has 3 heteroatoms. The van der Waals surface area contributed by atoms with E-state index < -0.39 is 5.97 Å². The molecule has 0 aliphatic rings. The van der Waals surface area contributed by atoms with Gasteiger partial charge in [-0.25, -0.2) is 4.79 Å². The fraction of sp³-hybridized carbons (Fsp3) is 0.571. The maximum atomic E-state index is 9.91. The SMILES string of the molecule is COCCC/C=C/C(=O)O. The van der Waals surface area contributed by atoms with Crippen LogP contribution in [0.2, 0.25) is 0 Å². The summed E-state index contributed by atoms with van der Waals surface area (Å²) in [6.45, 7) is 0.684. The number of rotatable bonds is 5. The zero-order valence-electron chi connectivity index (χ0n) is 6.04. The third-order valence-corrected chi connectivity index (χ3v) is 0.980. The molecule has 0 amide bonds. The average Bonchev–Trinajstić information content (AvgIpc) is 1.87. The van der Waals surface area contributed by atoms with Gasteiger partial charge in [-0.15, -0.1) is 0 Å². The van der Waals surface area contributed by atoms with Crippen molar-refractivity contribution in [1.29, 1.82) is 0 Å². The summed E-state index contributed by atoms with van der Waals surface area (Å²) >= 11 is 0. The Kier molecular flexibility index (Phi) is 5.77. The molecule has 0 rings (SSSR count). The zero-order valence-corrected chi connectivity index (χ0v) is 6.04. The van der Waals surface area contributed by atoms with Gasteiger partial charge < -0.3 is 9.84 Å². The van der Waals surface area contributed by atoms with Crippen LogP contribution in [0.3, 0.4) is 0 Å². The number of methoxy groups -OCH3 is 1. The molecule has 1 N–H and O–H groups in total. The first kappa shape index (κ1) is 9.17. The van der Waals surface area contributed by atoms with Crippen molar-refractivity contribution in [2.45, 2.75) is 12.8 Å². The van der Waals surface area contributed by atoms with Crippen LogP contribution in [0.5, 0.6) is 0 Å². The number of carboxylic acid groups (broad SMARTS) is 1. The zero-order chi connectivity index (χ0) is 7.82. The number of carbonyl (C=O) groups is 1. The van der Waals surface area contributed by atoms with Crippen molar-refractivity contribution in [3.63, 3.8) is 0 Å². The maximum absolute atomic E-state index is 9.91. The summed E-state index contributed by atoms with van der Waals surface area (Å²) in [5.74, 6) is -0.891. The second-order valence-corrected chi connectivity index (χ2v) is 1.88. The van der Waals surface area contributed by atoms with Crippen molar-refractivity contribution >= 4 is 5.97 Å². The van der Waals surface area contributed by atoms with Crippen molar-refractivity contribution in [1.82, 2.24) is 0 Å². The van der Waals surface area contributed by atoms with Gasteiger partial charge in [-0.3, -0.25) is 0 Å². The fourth-order valence-electron chi connectivity index (χ4n) is 0.530. The largest absolute Gasteiger partial charge is 0.478 e. The van der Waals surface area contributed by atoms with Crippen molar-refractivity contribution in [3.8, 4) is 0 Å². The molecule has 0 aliphatic carbocycles. The van der Waals surface area contributed by atoms with E-state index in [-0.39, 0.29) is 0 Å². The minimum absolute atomic E-state index is 0.684. The standard InChI is InChI=1S/C7H12O3/c1-10-6-4-2-3-5-7(8)9/h3,5H,2,4,6H2,1H3,(H,8,9)/b5-3+. The summed E-state index contributed by atoms with van der Waals surface area (Å²) in [5, 5.41) is 8.15. The Morgan fingerprint density at radius 1 is 1.70 bits per heavy atom. The predicted octanol–water partition coefficient (Wildman–Crippen LogP) is 1.05. The summed E-state index contributed by atoms with van der Waals surface area (Å²) in [6.07, 6.45) is 4.41. The number of allylic oxidation sites excluding steroid dienone is 1. The lowest BCUT2D eigenvalue weighted by Gasteiger charge is -1.91. The molecular weight excluding hydrogens is 132 g/mol. The lowest BCUT2D eigenvalue weighted by Crippen LogP contribution is -1.88. The van der Waals surface area contributed by atoms with Crippen LogP contribution in [0.25, 0.3) is 0 Å². The minimum Gasteiger partial charge on any atom is -0.478 e. The van der Waals surface area contributed by atoms with Crippen LogP contribution in [0.4, 0.5) is 0 Å². The van der Waals surface area contributed by atoms with Crippen LogP contribution < -0.4 is 0 Å². The maximum Gasteiger partial charge on any atom is 0.327 e. The van der Waals surface area contributed by atoms with Crippen molar-refractivity contribution < 1.29 is 14.6 Å². The van der Waals surface area contributed by atoms with Gasteiger partial charge in [0, 0.05) is 19.8 Å². The molecule has 10 heavy (non-hydrogen) atoms. The molecule has 0 saturated carbocycles. The summed E-state index contributed by atoms with van der Waals surface area (Å²) in [4.78, 5) is 9.91. The normalized spacial score (nSPS) is 10.5. The average molecular weight is 144 g/mol. The Morgan fingerprint density at radius 3 is 2.90 bits per heavy atom. The first-order chi connectivity index (χ1) is 4.77. The highest BCUT2D eigenvalue weighted by molar-refractivity contribution is 5.79. The Morgan fingerprint density at radius 2 is 2.40 bits per heavy atom. The second kappa shape index (κ2) is 6.29. The fourth-order valence-corrected chi connectivity index (χ4v) is 0.530. The van der Waals surface area contributed by atoms with E-state index in [0.29, 0.717) is 6.61 Å². The van der Waals surface area contributed by atoms with Gasteiger partial charge in [0.25, 0.3) is 0 Å². The molecule has 0 aromatic carbocycles. The Labute approximate surface area is 60.3 Å². The first-order valence-electron chi connectivity index (χ1n) is 3.15. The molecule has 0 heterocycles. The van der Waals surface area contributed by atoms with Gasteiger partial charge in [0.05, 0.1) is 0 Å². The molecule has 0 spiro atoms. The summed E-state index contributed by atoms with van der Waals surface area (Å²) in [6, 6.07) is 0. The molecule has 0 saturated heterocycles. The predicted molar refractivity (Wildman–Crippen MR) is 37.9 cm³/mol. The van der Waals surface area contributed by atoms with Crippen LogP contribution in [-0.2, 0) is 9.53 Å². The molecule has 0 aliphatic heterocycles. The Hall–Kier alpha value is -0.830. The molecule has 0 aromatic heterocycles. The monoisotopic (exact) mass is 144 g/mol. The highest BCUT2D eigenvalue weighted by atomic mass is 16.5. The lowest BCUT2D eigenvalue weighted by molar-refractivity contribution is -0.131. The number of ether oxygens (including phenoxy) is 1. The molecular formula is C7H12O3. The Balaban J connectivity index is 3.10. The summed E-state index contributed by atoms with van der Waals surface area (Å²) in [7, 11) is 1.63. The minimum atomic E-state index is -0.891. The van der Waals surface area contributed by atoms with Crippen LogP contribution in [0, 0.1) is 0 Å². The molecule has 0 fully saturated rings. The van der Waals surface area contributed by atoms with Crippen molar-refractivity contribution in [2.75, 3.05) is 13.7 Å². The van der Waals surface area contributed by atoms with E-state index in [1.807, 2.05) is 0 Å². The van der Waals surface area contributed by atoms with E-state index in [1.165, 1.54) is 0 Å². The number of hydrogen-bond donors (Lipinski definition) is 1. The van der Waals surface area contributed by atoms with Gasteiger partial charge in [-0.05, 0) is 12.8 Å². The topological polar surface area (TPSA) is 46.5 Å². The number of carboxylic acids is 1. The van der Waals surface area contributed by atoms with E-state index in [0.717, 1.165) is 18.9 Å². The smallest absolute Gasteiger partial charge is 0.327 e. The van der Waals surface area contributed by atoms with Gasteiger partial charge in [0.2, 0.25) is 0 Å².